The van der Waals surface area contributed by atoms with E-state index in [1.54, 1.807) is 24.3 Å². The van der Waals surface area contributed by atoms with Crippen molar-refractivity contribution in [2.75, 3.05) is 0 Å². The summed E-state index contributed by atoms with van der Waals surface area (Å²) in [6, 6.07) is 10.5. The summed E-state index contributed by atoms with van der Waals surface area (Å²) in [5.74, 6) is -1.82. The van der Waals surface area contributed by atoms with Crippen LogP contribution in [0.2, 0.25) is 0 Å². The zero-order valence-corrected chi connectivity index (χ0v) is 10.7. The highest BCUT2D eigenvalue weighted by molar-refractivity contribution is 7.80. The number of nitrogens with two attached hydrogens (primary N) is 1. The average molecular weight is 279 g/mol. The number of thiocarbonyl (C=S) groups is 1. The predicted molar refractivity (Wildman–Crippen MR) is 73.0 cm³/mol. The maximum atomic E-state index is 13.3. The van der Waals surface area contributed by atoms with E-state index in [0.29, 0.717) is 4.99 Å². The van der Waals surface area contributed by atoms with Crippen LogP contribution in [0, 0.1) is 11.6 Å². The lowest BCUT2D eigenvalue weighted by molar-refractivity contribution is 0.274. The van der Waals surface area contributed by atoms with E-state index < -0.39 is 11.6 Å². The van der Waals surface area contributed by atoms with Gasteiger partial charge in [-0.3, -0.25) is 0 Å². The molecule has 0 aliphatic rings. The molecule has 0 amide bonds. The first-order valence-electron chi connectivity index (χ1n) is 5.53. The molecule has 2 aromatic rings. The van der Waals surface area contributed by atoms with Crippen LogP contribution in [-0.2, 0) is 6.61 Å². The van der Waals surface area contributed by atoms with Crippen molar-refractivity contribution < 1.29 is 13.5 Å². The van der Waals surface area contributed by atoms with E-state index in [4.69, 9.17) is 22.7 Å². The molecule has 0 atom stereocenters. The fourth-order valence-electron chi connectivity index (χ4n) is 1.54. The lowest BCUT2D eigenvalue weighted by atomic mass is 10.1. The maximum Gasteiger partial charge on any atom is 0.191 e. The molecular weight excluding hydrogens is 268 g/mol. The minimum atomic E-state index is -0.722. The zero-order valence-electron chi connectivity index (χ0n) is 9.90. The third kappa shape index (κ3) is 3.26. The molecule has 0 fully saturated rings. The molecule has 0 radical (unpaired) electrons. The number of hydrogen-bond acceptors (Lipinski definition) is 2. The van der Waals surface area contributed by atoms with Gasteiger partial charge in [-0.2, -0.15) is 0 Å². The van der Waals surface area contributed by atoms with Crippen LogP contribution < -0.4 is 10.5 Å². The SMILES string of the molecule is NC(=S)c1ccc(COc2c(F)cccc2F)cc1. The molecule has 2 aromatic carbocycles. The average Bonchev–Trinajstić information content (AvgIpc) is 2.38. The van der Waals surface area contributed by atoms with Crippen molar-refractivity contribution in [1.82, 2.24) is 0 Å². The van der Waals surface area contributed by atoms with Crippen LogP contribution in [-0.4, -0.2) is 4.99 Å². The van der Waals surface area contributed by atoms with Gasteiger partial charge in [0.15, 0.2) is 17.4 Å². The Morgan fingerprint density at radius 1 is 1.05 bits per heavy atom. The first-order valence-corrected chi connectivity index (χ1v) is 5.94. The number of halogens is 2. The fourth-order valence-corrected chi connectivity index (χ4v) is 1.68. The van der Waals surface area contributed by atoms with E-state index in [1.807, 2.05) is 0 Å². The topological polar surface area (TPSA) is 35.2 Å². The Morgan fingerprint density at radius 2 is 1.63 bits per heavy atom. The highest BCUT2D eigenvalue weighted by atomic mass is 32.1. The number of hydrogen-bond donors (Lipinski definition) is 1. The summed E-state index contributed by atoms with van der Waals surface area (Å²) >= 11 is 4.83. The summed E-state index contributed by atoms with van der Waals surface area (Å²) in [6.07, 6.45) is 0. The van der Waals surface area contributed by atoms with Crippen molar-refractivity contribution in [2.24, 2.45) is 5.73 Å². The zero-order chi connectivity index (χ0) is 13.8. The first kappa shape index (κ1) is 13.4. The van der Waals surface area contributed by atoms with Crippen LogP contribution in [0.5, 0.6) is 5.75 Å². The van der Waals surface area contributed by atoms with Crippen molar-refractivity contribution in [3.8, 4) is 5.75 Å². The van der Waals surface area contributed by atoms with Gasteiger partial charge < -0.3 is 10.5 Å². The van der Waals surface area contributed by atoms with Crippen LogP contribution in [0.3, 0.4) is 0 Å². The van der Waals surface area contributed by atoms with Crippen LogP contribution >= 0.6 is 12.2 Å². The Labute approximate surface area is 114 Å². The minimum Gasteiger partial charge on any atom is -0.483 e. The van der Waals surface area contributed by atoms with Gasteiger partial charge in [0, 0.05) is 5.56 Å². The Hall–Kier alpha value is -2.01. The summed E-state index contributed by atoms with van der Waals surface area (Å²) in [7, 11) is 0. The molecule has 0 aliphatic carbocycles. The molecule has 0 aliphatic heterocycles. The van der Waals surface area contributed by atoms with E-state index >= 15 is 0 Å². The maximum absolute atomic E-state index is 13.3. The normalized spacial score (nSPS) is 10.2. The van der Waals surface area contributed by atoms with Gasteiger partial charge in [-0.25, -0.2) is 8.78 Å². The van der Waals surface area contributed by atoms with E-state index in [0.717, 1.165) is 23.3 Å². The van der Waals surface area contributed by atoms with Gasteiger partial charge in [0.25, 0.3) is 0 Å². The highest BCUT2D eigenvalue weighted by Gasteiger charge is 2.09. The summed E-state index contributed by atoms with van der Waals surface area (Å²) in [5, 5.41) is 0. The summed E-state index contributed by atoms with van der Waals surface area (Å²) in [5.41, 5.74) is 6.97. The molecule has 0 saturated carbocycles. The second kappa shape index (κ2) is 5.75. The molecule has 2 N–H and O–H groups in total. The molecule has 0 unspecified atom stereocenters. The molecular formula is C14H11F2NOS. The molecule has 0 saturated heterocycles. The molecule has 0 bridgehead atoms. The summed E-state index contributed by atoms with van der Waals surface area (Å²) in [6.45, 7) is 0.0649. The highest BCUT2D eigenvalue weighted by Crippen LogP contribution is 2.22. The summed E-state index contributed by atoms with van der Waals surface area (Å²) < 4.78 is 31.8. The molecule has 2 nitrogen and oxygen atoms in total. The van der Waals surface area contributed by atoms with E-state index in [9.17, 15) is 8.78 Å². The van der Waals surface area contributed by atoms with Gasteiger partial charge in [0.1, 0.15) is 11.6 Å². The van der Waals surface area contributed by atoms with Crippen molar-refractivity contribution in [1.29, 1.82) is 0 Å². The van der Waals surface area contributed by atoms with E-state index in [2.05, 4.69) is 0 Å². The summed E-state index contributed by atoms with van der Waals surface area (Å²) in [4.78, 5) is 0.299. The van der Waals surface area contributed by atoms with E-state index in [-0.39, 0.29) is 12.4 Å². The second-order valence-corrected chi connectivity index (χ2v) is 4.34. The number of rotatable bonds is 4. The van der Waals surface area contributed by atoms with Crippen LogP contribution in [0.15, 0.2) is 42.5 Å². The third-order valence-corrected chi connectivity index (χ3v) is 2.78. The quantitative estimate of drug-likeness (QED) is 0.873. The Balaban J connectivity index is 2.08. The van der Waals surface area contributed by atoms with Gasteiger partial charge in [-0.05, 0) is 17.7 Å². The standard InChI is InChI=1S/C14H11F2NOS/c15-11-2-1-3-12(16)13(11)18-8-9-4-6-10(7-5-9)14(17)19/h1-7H,8H2,(H2,17,19). The van der Waals surface area contributed by atoms with Crippen molar-refractivity contribution in [3.05, 3.63) is 65.2 Å². The third-order valence-electron chi connectivity index (χ3n) is 2.54. The molecule has 5 heteroatoms. The lowest BCUT2D eigenvalue weighted by Gasteiger charge is -2.08. The lowest BCUT2D eigenvalue weighted by Crippen LogP contribution is -2.09. The van der Waals surface area contributed by atoms with Gasteiger partial charge in [0.05, 0.1) is 0 Å². The van der Waals surface area contributed by atoms with Crippen LogP contribution in [0.4, 0.5) is 8.78 Å². The van der Waals surface area contributed by atoms with Crippen molar-refractivity contribution >= 4 is 17.2 Å². The molecule has 98 valence electrons. The number of benzene rings is 2. The largest absolute Gasteiger partial charge is 0.483 e. The first-order chi connectivity index (χ1) is 9.08. The molecule has 0 spiro atoms. The van der Waals surface area contributed by atoms with E-state index in [1.165, 1.54) is 6.07 Å². The molecule has 0 heterocycles. The smallest absolute Gasteiger partial charge is 0.191 e. The minimum absolute atomic E-state index is 0.0649. The monoisotopic (exact) mass is 279 g/mol. The number of para-hydroxylation sites is 1. The van der Waals surface area contributed by atoms with Gasteiger partial charge in [-0.1, -0.05) is 42.5 Å². The van der Waals surface area contributed by atoms with Gasteiger partial charge >= 0.3 is 0 Å². The fraction of sp³-hybridized carbons (Fsp3) is 0.0714. The second-order valence-electron chi connectivity index (χ2n) is 3.90. The van der Waals surface area contributed by atoms with Crippen LogP contribution in [0.1, 0.15) is 11.1 Å². The Bertz CT molecular complexity index is 579. The van der Waals surface area contributed by atoms with Crippen molar-refractivity contribution in [3.63, 3.8) is 0 Å². The van der Waals surface area contributed by atoms with Crippen LogP contribution in [0.25, 0.3) is 0 Å². The van der Waals surface area contributed by atoms with Crippen molar-refractivity contribution in [2.45, 2.75) is 6.61 Å². The molecule has 19 heavy (non-hydrogen) atoms. The van der Waals surface area contributed by atoms with Gasteiger partial charge in [0.2, 0.25) is 0 Å². The number of ether oxygens (including phenoxy) is 1. The Morgan fingerprint density at radius 3 is 2.16 bits per heavy atom. The Kier molecular flexibility index (Phi) is 4.06. The molecule has 2 rings (SSSR count). The predicted octanol–water partition coefficient (Wildman–Crippen LogP) is 3.18. The molecule has 0 aromatic heterocycles. The van der Waals surface area contributed by atoms with Gasteiger partial charge in [-0.15, -0.1) is 0 Å².